The molecule has 2 heterocycles. The van der Waals surface area contributed by atoms with Crippen LogP contribution in [0.4, 0.5) is 0 Å². The molecule has 1 atom stereocenters. The molecule has 0 radical (unpaired) electrons. The van der Waals surface area contributed by atoms with Crippen molar-refractivity contribution in [2.75, 3.05) is 27.0 Å². The van der Waals surface area contributed by atoms with Crippen molar-refractivity contribution in [2.24, 2.45) is 0 Å². The maximum absolute atomic E-state index is 12.0. The molecule has 0 fully saturated rings. The second kappa shape index (κ2) is 5.91. The van der Waals surface area contributed by atoms with E-state index in [9.17, 15) is 4.79 Å². The fourth-order valence-corrected chi connectivity index (χ4v) is 3.06. The van der Waals surface area contributed by atoms with Crippen LogP contribution in [0.2, 0.25) is 5.02 Å². The minimum Gasteiger partial charge on any atom is -0.443 e. The molecular formula is C16H19ClNO4+. The number of hydrogen-bond acceptors (Lipinski definition) is 4. The van der Waals surface area contributed by atoms with Crippen LogP contribution in [0.5, 0.6) is 5.75 Å². The maximum atomic E-state index is 12.0. The molecule has 0 aliphatic carbocycles. The molecule has 0 bridgehead atoms. The summed E-state index contributed by atoms with van der Waals surface area (Å²) in [4.78, 5) is 13.2. The molecule has 22 heavy (non-hydrogen) atoms. The van der Waals surface area contributed by atoms with Crippen LogP contribution in [-0.4, -0.2) is 27.0 Å². The Morgan fingerprint density at radius 2 is 2.14 bits per heavy atom. The Hall–Kier alpha value is -1.56. The van der Waals surface area contributed by atoms with Gasteiger partial charge in [-0.1, -0.05) is 11.6 Å². The molecule has 1 aromatic heterocycles. The third kappa shape index (κ3) is 2.49. The van der Waals surface area contributed by atoms with E-state index in [-0.39, 0.29) is 5.63 Å². The fraction of sp³-hybridized carbons (Fsp3) is 0.438. The van der Waals surface area contributed by atoms with Gasteiger partial charge in [0.2, 0.25) is 6.73 Å². The highest BCUT2D eigenvalue weighted by Crippen LogP contribution is 2.37. The first-order chi connectivity index (χ1) is 10.5. The van der Waals surface area contributed by atoms with Crippen molar-refractivity contribution in [3.8, 4) is 5.75 Å². The van der Waals surface area contributed by atoms with Crippen LogP contribution < -0.4 is 15.3 Å². The van der Waals surface area contributed by atoms with Gasteiger partial charge in [0.25, 0.3) is 0 Å². The molecule has 0 spiro atoms. The predicted molar refractivity (Wildman–Crippen MR) is 83.9 cm³/mol. The van der Waals surface area contributed by atoms with Gasteiger partial charge in [0.1, 0.15) is 13.1 Å². The molecule has 118 valence electrons. The molecule has 5 nitrogen and oxygen atoms in total. The average molecular weight is 325 g/mol. The van der Waals surface area contributed by atoms with Crippen LogP contribution in [0.3, 0.4) is 0 Å². The quantitative estimate of drug-likeness (QED) is 0.868. The van der Waals surface area contributed by atoms with E-state index in [0.717, 1.165) is 23.1 Å². The van der Waals surface area contributed by atoms with Crippen LogP contribution in [0.25, 0.3) is 11.0 Å². The molecule has 0 saturated carbocycles. The molecule has 1 N–H and O–H groups in total. The Bertz CT molecular complexity index is 784. The lowest BCUT2D eigenvalue weighted by atomic mass is 10.0. The molecule has 3 rings (SSSR count). The lowest BCUT2D eigenvalue weighted by Gasteiger charge is -2.27. The summed E-state index contributed by atoms with van der Waals surface area (Å²) in [6, 6.07) is 1.82. The average Bonchev–Trinajstić information content (AvgIpc) is 2.52. The number of benzene rings is 1. The van der Waals surface area contributed by atoms with E-state index in [1.54, 1.807) is 14.0 Å². The number of rotatable bonds is 3. The van der Waals surface area contributed by atoms with Crippen LogP contribution in [0.1, 0.15) is 16.7 Å². The largest absolute Gasteiger partial charge is 0.443 e. The van der Waals surface area contributed by atoms with Crippen LogP contribution in [0.15, 0.2) is 15.3 Å². The standard InChI is InChI=1S/C16H18ClNO4/c1-9-10(2)16(19)22-14-11(9)6-13(17)15-12(14)7-18(8-21-15)4-5-20-3/h6H,4-5,7-8H2,1-3H3/p+1. The summed E-state index contributed by atoms with van der Waals surface area (Å²) in [5.74, 6) is 0.627. The summed E-state index contributed by atoms with van der Waals surface area (Å²) in [6.07, 6.45) is 0. The number of methoxy groups -OCH3 is 1. The van der Waals surface area contributed by atoms with Crippen molar-refractivity contribution in [1.29, 1.82) is 0 Å². The zero-order valence-electron chi connectivity index (χ0n) is 12.9. The second-order valence-electron chi connectivity index (χ2n) is 5.64. The number of ether oxygens (including phenoxy) is 2. The van der Waals surface area contributed by atoms with Gasteiger partial charge in [-0.3, -0.25) is 4.90 Å². The van der Waals surface area contributed by atoms with E-state index in [1.165, 1.54) is 4.90 Å². The van der Waals surface area contributed by atoms with E-state index in [2.05, 4.69) is 0 Å². The number of aryl methyl sites for hydroxylation is 1. The van der Waals surface area contributed by atoms with Gasteiger partial charge in [-0.25, -0.2) is 4.79 Å². The summed E-state index contributed by atoms with van der Waals surface area (Å²) in [7, 11) is 1.68. The number of hydrogen-bond donors (Lipinski definition) is 1. The van der Waals surface area contributed by atoms with Crippen molar-refractivity contribution in [2.45, 2.75) is 20.4 Å². The van der Waals surface area contributed by atoms with E-state index >= 15 is 0 Å². The smallest absolute Gasteiger partial charge is 0.339 e. The SMILES string of the molecule is COCC[NH+]1COc2c(Cl)cc3c(C)c(C)c(=O)oc3c2C1. The molecule has 0 amide bonds. The molecule has 1 aliphatic heterocycles. The summed E-state index contributed by atoms with van der Waals surface area (Å²) in [6.45, 7) is 6.36. The van der Waals surface area contributed by atoms with Gasteiger partial charge >= 0.3 is 5.63 Å². The van der Waals surface area contributed by atoms with Crippen molar-refractivity contribution in [3.63, 3.8) is 0 Å². The first-order valence-electron chi connectivity index (χ1n) is 7.23. The first kappa shape index (κ1) is 15.3. The highest BCUT2D eigenvalue weighted by atomic mass is 35.5. The van der Waals surface area contributed by atoms with E-state index in [0.29, 0.717) is 41.8 Å². The Kier molecular flexibility index (Phi) is 4.12. The predicted octanol–water partition coefficient (Wildman–Crippen LogP) is 1.44. The van der Waals surface area contributed by atoms with Crippen LogP contribution >= 0.6 is 11.6 Å². The molecular weight excluding hydrogens is 306 g/mol. The minimum atomic E-state index is -0.307. The maximum Gasteiger partial charge on any atom is 0.339 e. The number of halogens is 1. The molecule has 1 aliphatic rings. The number of quaternary nitrogens is 1. The zero-order valence-corrected chi connectivity index (χ0v) is 13.7. The zero-order chi connectivity index (χ0) is 15.9. The molecule has 0 saturated heterocycles. The lowest BCUT2D eigenvalue weighted by molar-refractivity contribution is -0.932. The summed E-state index contributed by atoms with van der Waals surface area (Å²) < 4.78 is 16.5. The van der Waals surface area contributed by atoms with Crippen LogP contribution in [0, 0.1) is 13.8 Å². The van der Waals surface area contributed by atoms with Gasteiger partial charge in [0, 0.05) is 18.1 Å². The third-order valence-corrected chi connectivity index (χ3v) is 4.54. The highest BCUT2D eigenvalue weighted by Gasteiger charge is 2.27. The second-order valence-corrected chi connectivity index (χ2v) is 6.05. The van der Waals surface area contributed by atoms with E-state index in [1.807, 2.05) is 13.0 Å². The molecule has 1 unspecified atom stereocenters. The Morgan fingerprint density at radius 3 is 2.86 bits per heavy atom. The Morgan fingerprint density at radius 1 is 1.36 bits per heavy atom. The summed E-state index contributed by atoms with van der Waals surface area (Å²) in [5, 5.41) is 1.43. The number of fused-ring (bicyclic) bond motifs is 3. The normalized spacial score (nSPS) is 17.4. The van der Waals surface area contributed by atoms with E-state index < -0.39 is 0 Å². The first-order valence-corrected chi connectivity index (χ1v) is 7.61. The van der Waals surface area contributed by atoms with Gasteiger partial charge in [-0.05, 0) is 25.5 Å². The van der Waals surface area contributed by atoms with Crippen molar-refractivity contribution < 1.29 is 18.8 Å². The van der Waals surface area contributed by atoms with Gasteiger partial charge in [-0.2, -0.15) is 0 Å². The monoisotopic (exact) mass is 324 g/mol. The van der Waals surface area contributed by atoms with Crippen molar-refractivity contribution in [3.05, 3.63) is 38.2 Å². The van der Waals surface area contributed by atoms with Gasteiger partial charge in [0.15, 0.2) is 11.3 Å². The van der Waals surface area contributed by atoms with Gasteiger partial charge < -0.3 is 13.9 Å². The fourth-order valence-electron chi connectivity index (χ4n) is 2.79. The summed E-state index contributed by atoms with van der Waals surface area (Å²) >= 11 is 6.36. The highest BCUT2D eigenvalue weighted by molar-refractivity contribution is 6.33. The van der Waals surface area contributed by atoms with Gasteiger partial charge in [-0.15, -0.1) is 0 Å². The minimum absolute atomic E-state index is 0.307. The molecule has 6 heteroatoms. The van der Waals surface area contributed by atoms with Gasteiger partial charge in [0.05, 0.1) is 17.2 Å². The third-order valence-electron chi connectivity index (χ3n) is 4.26. The van der Waals surface area contributed by atoms with Crippen LogP contribution in [-0.2, 0) is 11.3 Å². The Labute approximate surface area is 133 Å². The van der Waals surface area contributed by atoms with E-state index in [4.69, 9.17) is 25.5 Å². The topological polar surface area (TPSA) is 53.1 Å². The van der Waals surface area contributed by atoms with Crippen molar-refractivity contribution in [1.82, 2.24) is 0 Å². The summed E-state index contributed by atoms with van der Waals surface area (Å²) in [5.41, 5.74) is 2.66. The lowest BCUT2D eigenvalue weighted by Crippen LogP contribution is -3.12. The number of nitrogens with one attached hydrogen (secondary N) is 1. The molecule has 2 aromatic rings. The van der Waals surface area contributed by atoms with Crippen molar-refractivity contribution >= 4 is 22.6 Å². The Balaban J connectivity index is 2.16. The molecule has 1 aromatic carbocycles.